The lowest BCUT2D eigenvalue weighted by Gasteiger charge is -2.35. The molecule has 1 aromatic carbocycles. The fraction of sp³-hybridized carbons (Fsp3) is 0.538. The van der Waals surface area contributed by atoms with E-state index >= 15 is 0 Å². The SMILES string of the molecule is CC[C@@H](NC(=O)c1cc(C(=O)N2CCCC2C(C)(C)C)n2c1COCC2)c1ccccc1. The van der Waals surface area contributed by atoms with Gasteiger partial charge >= 0.3 is 0 Å². The number of rotatable bonds is 5. The van der Waals surface area contributed by atoms with Gasteiger partial charge in [-0.25, -0.2) is 0 Å². The van der Waals surface area contributed by atoms with Crippen molar-refractivity contribution in [3.05, 3.63) is 58.9 Å². The minimum absolute atomic E-state index is 0.0246. The van der Waals surface area contributed by atoms with Crippen molar-refractivity contribution in [3.8, 4) is 0 Å². The summed E-state index contributed by atoms with van der Waals surface area (Å²) in [5.41, 5.74) is 3.06. The highest BCUT2D eigenvalue weighted by molar-refractivity contribution is 6.01. The van der Waals surface area contributed by atoms with Gasteiger partial charge in [0.05, 0.1) is 30.5 Å². The number of hydrogen-bond acceptors (Lipinski definition) is 3. The molecular formula is C26H35N3O3. The molecule has 6 heteroatoms. The number of carbonyl (C=O) groups excluding carboxylic acids is 2. The molecule has 1 N–H and O–H groups in total. The summed E-state index contributed by atoms with van der Waals surface area (Å²) in [6.45, 7) is 10.9. The summed E-state index contributed by atoms with van der Waals surface area (Å²) < 4.78 is 7.67. The second-order valence-corrected chi connectivity index (χ2v) is 9.96. The predicted molar refractivity (Wildman–Crippen MR) is 125 cm³/mol. The van der Waals surface area contributed by atoms with Crippen molar-refractivity contribution in [3.63, 3.8) is 0 Å². The third kappa shape index (κ3) is 4.33. The first-order chi connectivity index (χ1) is 15.3. The minimum atomic E-state index is -0.150. The Morgan fingerprint density at radius 2 is 1.94 bits per heavy atom. The molecule has 2 amide bonds. The van der Waals surface area contributed by atoms with Crippen molar-refractivity contribution in [1.29, 1.82) is 0 Å². The van der Waals surface area contributed by atoms with Crippen LogP contribution in [-0.4, -0.2) is 40.5 Å². The lowest BCUT2D eigenvalue weighted by Crippen LogP contribution is -2.43. The molecule has 0 aliphatic carbocycles. The van der Waals surface area contributed by atoms with Crippen LogP contribution in [0.25, 0.3) is 0 Å². The molecule has 4 rings (SSSR count). The maximum Gasteiger partial charge on any atom is 0.270 e. The first-order valence-electron chi connectivity index (χ1n) is 11.8. The zero-order chi connectivity index (χ0) is 22.9. The van der Waals surface area contributed by atoms with Gasteiger partial charge in [-0.05, 0) is 36.3 Å². The zero-order valence-electron chi connectivity index (χ0n) is 19.7. The van der Waals surface area contributed by atoms with E-state index in [9.17, 15) is 9.59 Å². The minimum Gasteiger partial charge on any atom is -0.373 e. The molecule has 2 aliphatic heterocycles. The second-order valence-electron chi connectivity index (χ2n) is 9.96. The van der Waals surface area contributed by atoms with Crippen LogP contribution in [0.5, 0.6) is 0 Å². The quantitative estimate of drug-likeness (QED) is 0.746. The number of ether oxygens (including phenoxy) is 1. The van der Waals surface area contributed by atoms with E-state index in [4.69, 9.17) is 4.74 Å². The lowest BCUT2D eigenvalue weighted by atomic mass is 9.85. The second kappa shape index (κ2) is 9.10. The topological polar surface area (TPSA) is 63.6 Å². The Bertz CT molecular complexity index is 974. The van der Waals surface area contributed by atoms with Crippen LogP contribution in [0.15, 0.2) is 36.4 Å². The molecule has 1 aromatic heterocycles. The van der Waals surface area contributed by atoms with Crippen molar-refractivity contribution in [1.82, 2.24) is 14.8 Å². The van der Waals surface area contributed by atoms with Crippen LogP contribution in [-0.2, 0) is 17.9 Å². The predicted octanol–water partition coefficient (Wildman–Crippen LogP) is 4.55. The van der Waals surface area contributed by atoms with Crippen LogP contribution in [0.1, 0.15) is 85.1 Å². The number of nitrogens with zero attached hydrogens (tertiary/aromatic N) is 2. The Kier molecular flexibility index (Phi) is 6.42. The number of hydrogen-bond donors (Lipinski definition) is 1. The third-order valence-electron chi connectivity index (χ3n) is 6.80. The van der Waals surface area contributed by atoms with E-state index in [1.54, 1.807) is 6.07 Å². The molecule has 32 heavy (non-hydrogen) atoms. The number of nitrogens with one attached hydrogen (secondary N) is 1. The van der Waals surface area contributed by atoms with E-state index in [2.05, 4.69) is 33.0 Å². The Morgan fingerprint density at radius 1 is 1.19 bits per heavy atom. The van der Waals surface area contributed by atoms with Gasteiger partial charge in [-0.3, -0.25) is 9.59 Å². The summed E-state index contributed by atoms with van der Waals surface area (Å²) in [4.78, 5) is 29.0. The van der Waals surface area contributed by atoms with Crippen molar-refractivity contribution in [2.24, 2.45) is 5.41 Å². The molecular weight excluding hydrogens is 402 g/mol. The fourth-order valence-corrected chi connectivity index (χ4v) is 5.10. The maximum atomic E-state index is 13.6. The molecule has 1 saturated heterocycles. The molecule has 172 valence electrons. The van der Waals surface area contributed by atoms with Crippen LogP contribution < -0.4 is 5.32 Å². The van der Waals surface area contributed by atoms with Gasteiger partial charge in [0.15, 0.2) is 0 Å². The molecule has 0 spiro atoms. The Labute approximate surface area is 190 Å². The lowest BCUT2D eigenvalue weighted by molar-refractivity contribution is 0.0585. The summed E-state index contributed by atoms with van der Waals surface area (Å²) >= 11 is 0. The van der Waals surface area contributed by atoms with Gasteiger partial charge in [0.25, 0.3) is 11.8 Å². The van der Waals surface area contributed by atoms with Crippen LogP contribution in [0.3, 0.4) is 0 Å². The molecule has 0 bridgehead atoms. The van der Waals surface area contributed by atoms with Gasteiger partial charge < -0.3 is 19.5 Å². The third-order valence-corrected chi connectivity index (χ3v) is 6.80. The van der Waals surface area contributed by atoms with E-state index in [0.29, 0.717) is 31.0 Å². The number of fused-ring (bicyclic) bond motifs is 1. The molecule has 1 unspecified atom stereocenters. The van der Waals surface area contributed by atoms with Crippen molar-refractivity contribution < 1.29 is 14.3 Å². The number of aromatic nitrogens is 1. The van der Waals surface area contributed by atoms with Crippen molar-refractivity contribution in [2.45, 2.75) is 72.2 Å². The van der Waals surface area contributed by atoms with Crippen LogP contribution in [0, 0.1) is 5.41 Å². The molecule has 2 aromatic rings. The van der Waals surface area contributed by atoms with Gasteiger partial charge in [0.2, 0.25) is 0 Å². The van der Waals surface area contributed by atoms with Gasteiger partial charge in [-0.2, -0.15) is 0 Å². The highest BCUT2D eigenvalue weighted by Crippen LogP contribution is 2.34. The fourth-order valence-electron chi connectivity index (χ4n) is 5.10. The average molecular weight is 438 g/mol. The van der Waals surface area contributed by atoms with Crippen LogP contribution in [0.2, 0.25) is 0 Å². The molecule has 0 radical (unpaired) electrons. The van der Waals surface area contributed by atoms with E-state index in [-0.39, 0.29) is 29.3 Å². The van der Waals surface area contributed by atoms with Gasteiger partial charge in [-0.15, -0.1) is 0 Å². The highest BCUT2D eigenvalue weighted by atomic mass is 16.5. The largest absolute Gasteiger partial charge is 0.373 e. The standard InChI is InChI=1S/C26H35N3O3/c1-5-20(18-10-7-6-8-11-18)27-24(30)19-16-21(28-14-15-32-17-22(19)28)25(31)29-13-9-12-23(29)26(2,3)4/h6-8,10-11,16,20,23H,5,9,12-15,17H2,1-4H3,(H,27,30)/t20-,23?/m1/s1. The van der Waals surface area contributed by atoms with E-state index in [1.165, 1.54) is 0 Å². The van der Waals surface area contributed by atoms with Crippen molar-refractivity contribution in [2.75, 3.05) is 13.2 Å². The molecule has 6 nitrogen and oxygen atoms in total. The highest BCUT2D eigenvalue weighted by Gasteiger charge is 2.39. The van der Waals surface area contributed by atoms with Crippen LogP contribution >= 0.6 is 0 Å². The number of benzene rings is 1. The molecule has 3 heterocycles. The van der Waals surface area contributed by atoms with Gasteiger partial charge in [0.1, 0.15) is 5.69 Å². The Morgan fingerprint density at radius 3 is 2.62 bits per heavy atom. The van der Waals surface area contributed by atoms with E-state index < -0.39 is 0 Å². The molecule has 0 saturated carbocycles. The average Bonchev–Trinajstić information content (AvgIpc) is 3.43. The maximum absolute atomic E-state index is 13.6. The smallest absolute Gasteiger partial charge is 0.270 e. The van der Waals surface area contributed by atoms with Crippen LogP contribution in [0.4, 0.5) is 0 Å². The monoisotopic (exact) mass is 437 g/mol. The van der Waals surface area contributed by atoms with Crippen molar-refractivity contribution >= 4 is 11.8 Å². The molecule has 2 atom stereocenters. The first-order valence-corrected chi connectivity index (χ1v) is 11.8. The van der Waals surface area contributed by atoms with Gasteiger partial charge in [-0.1, -0.05) is 58.0 Å². The van der Waals surface area contributed by atoms with E-state index in [1.807, 2.05) is 39.8 Å². The van der Waals surface area contributed by atoms with Gasteiger partial charge in [0, 0.05) is 19.1 Å². The summed E-state index contributed by atoms with van der Waals surface area (Å²) in [5.74, 6) is -0.123. The normalized spacial score (nSPS) is 19.5. The summed E-state index contributed by atoms with van der Waals surface area (Å²) in [6, 6.07) is 11.9. The summed E-state index contributed by atoms with van der Waals surface area (Å²) in [5, 5.41) is 3.17. The first kappa shape index (κ1) is 22.6. The molecule has 1 fully saturated rings. The Balaban J connectivity index is 1.63. The number of carbonyl (C=O) groups is 2. The summed E-state index contributed by atoms with van der Waals surface area (Å²) in [6.07, 6.45) is 2.83. The number of likely N-dealkylation sites (tertiary alicyclic amines) is 1. The summed E-state index contributed by atoms with van der Waals surface area (Å²) in [7, 11) is 0. The van der Waals surface area contributed by atoms with E-state index in [0.717, 1.165) is 37.1 Å². The number of amides is 2. The molecule has 2 aliphatic rings. The Hall–Kier alpha value is -2.60. The zero-order valence-corrected chi connectivity index (χ0v) is 19.7.